The van der Waals surface area contributed by atoms with Crippen molar-refractivity contribution in [2.24, 2.45) is 0 Å². The van der Waals surface area contributed by atoms with Crippen molar-refractivity contribution in [3.8, 4) is 0 Å². The van der Waals surface area contributed by atoms with E-state index in [2.05, 4.69) is 10.3 Å². The number of rotatable bonds is 3. The summed E-state index contributed by atoms with van der Waals surface area (Å²) < 4.78 is 42.4. The van der Waals surface area contributed by atoms with Crippen LogP contribution in [0.25, 0.3) is 0 Å². The Labute approximate surface area is 130 Å². The summed E-state index contributed by atoms with van der Waals surface area (Å²) in [6.45, 7) is 1.12. The normalized spacial score (nSPS) is 18.2. The van der Waals surface area contributed by atoms with E-state index in [1.807, 2.05) is 4.90 Å². The average Bonchev–Trinajstić information content (AvgIpc) is 3.18. The number of carbonyl (C=O) groups excluding carboxylic acids is 1. The second kappa shape index (κ2) is 5.94. The van der Waals surface area contributed by atoms with E-state index in [0.29, 0.717) is 30.9 Å². The molecule has 8 heteroatoms. The number of pyridine rings is 1. The van der Waals surface area contributed by atoms with Crippen LogP contribution in [0.2, 0.25) is 0 Å². The molecule has 2 aromatic rings. The number of hydrogen-bond acceptors (Lipinski definition) is 4. The molecule has 0 spiro atoms. The number of nitrogens with zero attached hydrogens (tertiary/aromatic N) is 2. The highest BCUT2D eigenvalue weighted by Crippen LogP contribution is 2.29. The predicted molar refractivity (Wildman–Crippen MR) is 76.0 cm³/mol. The van der Waals surface area contributed by atoms with Crippen LogP contribution in [0, 0.1) is 0 Å². The van der Waals surface area contributed by atoms with Gasteiger partial charge in [0.1, 0.15) is 12.1 Å². The zero-order valence-corrected chi connectivity index (χ0v) is 12.0. The van der Waals surface area contributed by atoms with E-state index in [4.69, 9.17) is 4.42 Å². The van der Waals surface area contributed by atoms with Crippen LogP contribution in [0.4, 0.5) is 19.0 Å². The summed E-state index contributed by atoms with van der Waals surface area (Å²) in [4.78, 5) is 17.6. The molecular formula is C15H14F3N3O2. The highest BCUT2D eigenvalue weighted by atomic mass is 19.4. The van der Waals surface area contributed by atoms with Crippen molar-refractivity contribution in [1.82, 2.24) is 10.3 Å². The van der Waals surface area contributed by atoms with Crippen LogP contribution in [0.1, 0.15) is 22.3 Å². The maximum Gasteiger partial charge on any atom is 0.417 e. The maximum atomic E-state index is 12.5. The molecule has 0 unspecified atom stereocenters. The lowest BCUT2D eigenvalue weighted by Gasteiger charge is -2.18. The van der Waals surface area contributed by atoms with Crippen LogP contribution >= 0.6 is 0 Å². The monoisotopic (exact) mass is 325 g/mol. The highest BCUT2D eigenvalue weighted by Gasteiger charge is 2.31. The van der Waals surface area contributed by atoms with E-state index in [1.165, 1.54) is 18.6 Å². The molecule has 5 nitrogen and oxygen atoms in total. The fourth-order valence-electron chi connectivity index (χ4n) is 2.49. The largest absolute Gasteiger partial charge is 0.472 e. The highest BCUT2D eigenvalue weighted by molar-refractivity contribution is 5.94. The molecule has 3 heterocycles. The van der Waals surface area contributed by atoms with Crippen LogP contribution in [-0.2, 0) is 6.18 Å². The van der Waals surface area contributed by atoms with Crippen LogP contribution in [-0.4, -0.2) is 30.0 Å². The molecule has 0 aliphatic carbocycles. The quantitative estimate of drug-likeness (QED) is 0.943. The molecule has 1 saturated heterocycles. The number of halogens is 3. The van der Waals surface area contributed by atoms with E-state index in [-0.39, 0.29) is 11.9 Å². The van der Waals surface area contributed by atoms with Crippen LogP contribution in [0.3, 0.4) is 0 Å². The third-order valence-electron chi connectivity index (χ3n) is 3.71. The molecule has 23 heavy (non-hydrogen) atoms. The Bertz CT molecular complexity index is 668. The van der Waals surface area contributed by atoms with E-state index >= 15 is 0 Å². The smallest absolute Gasteiger partial charge is 0.417 e. The topological polar surface area (TPSA) is 58.4 Å². The van der Waals surface area contributed by atoms with Gasteiger partial charge < -0.3 is 14.6 Å². The SMILES string of the molecule is O=C(N[C@H]1CCN(c2ccc(C(F)(F)F)cn2)C1)c1ccoc1. The first-order valence-corrected chi connectivity index (χ1v) is 7.05. The molecule has 0 radical (unpaired) electrons. The Morgan fingerprint density at radius 3 is 2.78 bits per heavy atom. The Balaban J connectivity index is 1.60. The van der Waals surface area contributed by atoms with Crippen molar-refractivity contribution in [3.63, 3.8) is 0 Å². The molecule has 1 amide bonds. The summed E-state index contributed by atoms with van der Waals surface area (Å²) in [5.41, 5.74) is -0.332. The Morgan fingerprint density at radius 1 is 1.35 bits per heavy atom. The van der Waals surface area contributed by atoms with E-state index in [1.54, 1.807) is 6.07 Å². The zero-order valence-electron chi connectivity index (χ0n) is 12.0. The zero-order chi connectivity index (χ0) is 16.4. The van der Waals surface area contributed by atoms with Crippen molar-refractivity contribution in [2.75, 3.05) is 18.0 Å². The van der Waals surface area contributed by atoms with Crippen LogP contribution in [0.15, 0.2) is 41.3 Å². The van der Waals surface area contributed by atoms with E-state index < -0.39 is 11.7 Å². The van der Waals surface area contributed by atoms with Crippen LogP contribution in [0.5, 0.6) is 0 Å². The minimum absolute atomic E-state index is 0.0820. The second-order valence-corrected chi connectivity index (χ2v) is 5.32. The number of furan rings is 1. The number of hydrogen-bond donors (Lipinski definition) is 1. The number of alkyl halides is 3. The van der Waals surface area contributed by atoms with Gasteiger partial charge in [-0.3, -0.25) is 4.79 Å². The summed E-state index contributed by atoms with van der Waals surface area (Å²) in [5.74, 6) is 0.240. The Morgan fingerprint density at radius 2 is 2.17 bits per heavy atom. The van der Waals surface area contributed by atoms with Gasteiger partial charge in [0, 0.05) is 25.3 Å². The molecule has 1 aliphatic rings. The summed E-state index contributed by atoms with van der Waals surface area (Å²) in [6, 6.07) is 3.85. The molecular weight excluding hydrogens is 311 g/mol. The van der Waals surface area contributed by atoms with E-state index in [0.717, 1.165) is 12.3 Å². The third kappa shape index (κ3) is 3.46. The number of amides is 1. The maximum absolute atomic E-state index is 12.5. The van der Waals surface area contributed by atoms with Gasteiger partial charge in [-0.15, -0.1) is 0 Å². The lowest BCUT2D eigenvalue weighted by molar-refractivity contribution is -0.137. The van der Waals surface area contributed by atoms with Crippen molar-refractivity contribution in [1.29, 1.82) is 0 Å². The molecule has 1 aliphatic heterocycles. The predicted octanol–water partition coefficient (Wildman–Crippen LogP) is 2.70. The minimum atomic E-state index is -4.39. The fraction of sp³-hybridized carbons (Fsp3) is 0.333. The Hall–Kier alpha value is -2.51. The lowest BCUT2D eigenvalue weighted by Crippen LogP contribution is -2.37. The van der Waals surface area contributed by atoms with Gasteiger partial charge in [0.05, 0.1) is 17.4 Å². The van der Waals surface area contributed by atoms with Crippen molar-refractivity contribution >= 4 is 11.7 Å². The number of carbonyl (C=O) groups is 1. The first-order valence-electron chi connectivity index (χ1n) is 7.05. The van der Waals surface area contributed by atoms with Gasteiger partial charge in [-0.2, -0.15) is 13.2 Å². The molecule has 2 aromatic heterocycles. The van der Waals surface area contributed by atoms with Crippen molar-refractivity contribution in [3.05, 3.63) is 48.0 Å². The summed E-state index contributed by atoms with van der Waals surface area (Å²) in [5, 5.41) is 2.87. The standard InChI is InChI=1S/C15H14F3N3O2/c16-15(17,18)11-1-2-13(19-7-11)21-5-3-12(8-21)20-14(22)10-4-6-23-9-10/h1-2,4,6-7,9,12H,3,5,8H2,(H,20,22)/t12-/m0/s1. The first-order chi connectivity index (χ1) is 10.9. The molecule has 1 atom stereocenters. The number of aromatic nitrogens is 1. The molecule has 1 N–H and O–H groups in total. The van der Waals surface area contributed by atoms with E-state index in [9.17, 15) is 18.0 Å². The lowest BCUT2D eigenvalue weighted by atomic mass is 10.2. The molecule has 0 saturated carbocycles. The van der Waals surface area contributed by atoms with Gasteiger partial charge in [-0.05, 0) is 24.6 Å². The first kappa shape index (κ1) is 15.4. The summed E-state index contributed by atoms with van der Waals surface area (Å²) in [7, 11) is 0. The second-order valence-electron chi connectivity index (χ2n) is 5.32. The minimum Gasteiger partial charge on any atom is -0.472 e. The number of anilines is 1. The molecule has 122 valence electrons. The van der Waals surface area contributed by atoms with Crippen molar-refractivity contribution in [2.45, 2.75) is 18.6 Å². The van der Waals surface area contributed by atoms with Gasteiger partial charge in [0.25, 0.3) is 5.91 Å². The van der Waals surface area contributed by atoms with Gasteiger partial charge in [-0.25, -0.2) is 4.98 Å². The van der Waals surface area contributed by atoms with Gasteiger partial charge in [0.15, 0.2) is 0 Å². The van der Waals surface area contributed by atoms with Crippen molar-refractivity contribution < 1.29 is 22.4 Å². The summed E-state index contributed by atoms with van der Waals surface area (Å²) >= 11 is 0. The van der Waals surface area contributed by atoms with Crippen LogP contribution < -0.4 is 10.2 Å². The number of nitrogens with one attached hydrogen (secondary N) is 1. The average molecular weight is 325 g/mol. The van der Waals surface area contributed by atoms with Gasteiger partial charge in [-0.1, -0.05) is 0 Å². The summed E-state index contributed by atoms with van der Waals surface area (Å²) in [6.07, 6.45) is -0.0852. The Kier molecular flexibility index (Phi) is 3.97. The van der Waals surface area contributed by atoms with Gasteiger partial charge in [0.2, 0.25) is 0 Å². The molecule has 3 rings (SSSR count). The molecule has 1 fully saturated rings. The van der Waals surface area contributed by atoms with Gasteiger partial charge >= 0.3 is 6.18 Å². The fourth-order valence-corrected chi connectivity index (χ4v) is 2.49. The molecule has 0 bridgehead atoms. The molecule has 0 aromatic carbocycles. The third-order valence-corrected chi connectivity index (χ3v) is 3.71.